The number of carbonyl (C=O) groups is 1. The Balaban J connectivity index is 1.67. The maximum absolute atomic E-state index is 12.4. The molecule has 5 heteroatoms. The molecule has 1 N–H and O–H groups in total. The quantitative estimate of drug-likeness (QED) is 0.438. The molecule has 0 saturated heterocycles. The highest BCUT2D eigenvalue weighted by Gasteiger charge is 2.21. The average Bonchev–Trinajstić information content (AvgIpc) is 2.69. The molecule has 4 nitrogen and oxygen atoms in total. The minimum Gasteiger partial charge on any atom is -0.309 e. The van der Waals surface area contributed by atoms with E-state index in [1.807, 2.05) is 49.5 Å². The van der Waals surface area contributed by atoms with Crippen molar-refractivity contribution in [3.63, 3.8) is 0 Å². The predicted octanol–water partition coefficient (Wildman–Crippen LogP) is 3.64. The number of benzene rings is 2. The minimum absolute atomic E-state index is 0.0713. The van der Waals surface area contributed by atoms with Crippen molar-refractivity contribution < 1.29 is 4.79 Å². The Morgan fingerprint density at radius 2 is 1.85 bits per heavy atom. The molecular weight excluding hydrogens is 342 g/mol. The van der Waals surface area contributed by atoms with E-state index in [2.05, 4.69) is 12.1 Å². The van der Waals surface area contributed by atoms with Crippen LogP contribution in [0.4, 0.5) is 0 Å². The minimum atomic E-state index is 0.0713. The molecule has 0 aliphatic heterocycles. The molecule has 1 aromatic heterocycles. The number of rotatable bonds is 4. The third-order valence-corrected chi connectivity index (χ3v) is 5.78. The van der Waals surface area contributed by atoms with Gasteiger partial charge in [0, 0.05) is 23.7 Å². The number of aromatic nitrogens is 2. The summed E-state index contributed by atoms with van der Waals surface area (Å²) >= 11 is 1.39. The highest BCUT2D eigenvalue weighted by atomic mass is 32.2. The van der Waals surface area contributed by atoms with Gasteiger partial charge in [0.2, 0.25) is 0 Å². The summed E-state index contributed by atoms with van der Waals surface area (Å²) in [5.74, 6) is 0.382. The SMILES string of the molecule is Cn1c(SCC(=O)c2ccccc2)nc2c(c1=N)CCc1ccccc1-2. The molecule has 3 aromatic rings. The van der Waals surface area contributed by atoms with E-state index >= 15 is 0 Å². The lowest BCUT2D eigenvalue weighted by molar-refractivity contribution is 0.102. The largest absolute Gasteiger partial charge is 0.309 e. The van der Waals surface area contributed by atoms with E-state index in [0.29, 0.717) is 22.0 Å². The number of ketones is 1. The number of hydrogen-bond acceptors (Lipinski definition) is 4. The fourth-order valence-electron chi connectivity index (χ4n) is 3.30. The molecule has 26 heavy (non-hydrogen) atoms. The second kappa shape index (κ2) is 6.92. The molecule has 1 aliphatic carbocycles. The maximum atomic E-state index is 12.4. The van der Waals surface area contributed by atoms with E-state index < -0.39 is 0 Å². The van der Waals surface area contributed by atoms with Gasteiger partial charge in [-0.1, -0.05) is 66.4 Å². The van der Waals surface area contributed by atoms with Crippen LogP contribution in [0.15, 0.2) is 59.8 Å². The number of aryl methyl sites for hydroxylation is 1. The van der Waals surface area contributed by atoms with Crippen LogP contribution >= 0.6 is 11.8 Å². The predicted molar refractivity (Wildman–Crippen MR) is 103 cm³/mol. The van der Waals surface area contributed by atoms with E-state index in [1.165, 1.54) is 17.3 Å². The first kappa shape index (κ1) is 16.8. The van der Waals surface area contributed by atoms with Crippen molar-refractivity contribution in [2.45, 2.75) is 18.0 Å². The Hall–Kier alpha value is -2.66. The fraction of sp³-hybridized carbons (Fsp3) is 0.190. The van der Waals surface area contributed by atoms with Gasteiger partial charge in [0.15, 0.2) is 10.9 Å². The van der Waals surface area contributed by atoms with Gasteiger partial charge in [0.05, 0.1) is 11.4 Å². The Bertz CT molecular complexity index is 1040. The summed E-state index contributed by atoms with van der Waals surface area (Å²) in [6, 6.07) is 17.6. The number of Topliss-reactive ketones (excluding diaryl/α,β-unsaturated/α-hetero) is 1. The Morgan fingerprint density at radius 1 is 1.12 bits per heavy atom. The monoisotopic (exact) mass is 361 g/mol. The molecule has 2 aromatic carbocycles. The van der Waals surface area contributed by atoms with Crippen LogP contribution < -0.4 is 5.49 Å². The normalized spacial score (nSPS) is 12.3. The topological polar surface area (TPSA) is 58.7 Å². The molecule has 0 unspecified atom stereocenters. The lowest BCUT2D eigenvalue weighted by atomic mass is 9.90. The summed E-state index contributed by atoms with van der Waals surface area (Å²) in [6.07, 6.45) is 1.77. The van der Waals surface area contributed by atoms with Crippen LogP contribution in [-0.4, -0.2) is 21.1 Å². The Kier molecular flexibility index (Phi) is 4.47. The van der Waals surface area contributed by atoms with E-state index in [9.17, 15) is 4.79 Å². The molecule has 0 spiro atoms. The van der Waals surface area contributed by atoms with Crippen molar-refractivity contribution in [2.75, 3.05) is 5.75 Å². The second-order valence-electron chi connectivity index (χ2n) is 6.36. The van der Waals surface area contributed by atoms with Gasteiger partial charge < -0.3 is 4.57 Å². The molecule has 0 radical (unpaired) electrons. The Morgan fingerprint density at radius 3 is 2.65 bits per heavy atom. The molecule has 1 aliphatic rings. The summed E-state index contributed by atoms with van der Waals surface area (Å²) in [6.45, 7) is 0. The van der Waals surface area contributed by atoms with Crippen LogP contribution in [0.5, 0.6) is 0 Å². The van der Waals surface area contributed by atoms with Crippen LogP contribution in [0.1, 0.15) is 21.5 Å². The molecule has 130 valence electrons. The summed E-state index contributed by atoms with van der Waals surface area (Å²) in [7, 11) is 1.85. The van der Waals surface area contributed by atoms with Gasteiger partial charge in [0.1, 0.15) is 5.49 Å². The number of fused-ring (bicyclic) bond motifs is 3. The molecule has 0 bridgehead atoms. The molecule has 0 amide bonds. The smallest absolute Gasteiger partial charge is 0.173 e. The molecule has 4 rings (SSSR count). The maximum Gasteiger partial charge on any atom is 0.173 e. The standard InChI is InChI=1S/C21H19N3OS/c1-24-20(22)17-12-11-14-7-5-6-10-16(14)19(17)23-21(24)26-13-18(25)15-8-3-2-4-9-15/h2-10,22H,11-13H2,1H3. The third kappa shape index (κ3) is 2.99. The van der Waals surface area contributed by atoms with E-state index in [0.717, 1.165) is 29.7 Å². The molecule has 0 atom stereocenters. The van der Waals surface area contributed by atoms with E-state index in [4.69, 9.17) is 10.4 Å². The average molecular weight is 361 g/mol. The highest BCUT2D eigenvalue weighted by molar-refractivity contribution is 7.99. The van der Waals surface area contributed by atoms with Crippen molar-refractivity contribution in [2.24, 2.45) is 7.05 Å². The van der Waals surface area contributed by atoms with Crippen molar-refractivity contribution in [1.82, 2.24) is 9.55 Å². The number of nitrogens with one attached hydrogen (secondary N) is 1. The number of thioether (sulfide) groups is 1. The molecular formula is C21H19N3OS. The lowest BCUT2D eigenvalue weighted by Crippen LogP contribution is -2.27. The first-order valence-electron chi connectivity index (χ1n) is 8.59. The van der Waals surface area contributed by atoms with Crippen molar-refractivity contribution in [1.29, 1.82) is 5.41 Å². The zero-order valence-corrected chi connectivity index (χ0v) is 15.3. The van der Waals surface area contributed by atoms with Crippen LogP contribution in [0.25, 0.3) is 11.3 Å². The van der Waals surface area contributed by atoms with Crippen molar-refractivity contribution >= 4 is 17.5 Å². The summed E-state index contributed by atoms with van der Waals surface area (Å²) in [4.78, 5) is 17.2. The van der Waals surface area contributed by atoms with Gasteiger partial charge in [-0.15, -0.1) is 0 Å². The number of nitrogens with zero attached hydrogens (tertiary/aromatic N) is 2. The summed E-state index contributed by atoms with van der Waals surface area (Å²) in [5, 5.41) is 9.23. The zero-order valence-electron chi connectivity index (χ0n) is 14.5. The van der Waals surface area contributed by atoms with Gasteiger partial charge in [-0.25, -0.2) is 4.98 Å². The van der Waals surface area contributed by atoms with Crippen LogP contribution in [0.3, 0.4) is 0 Å². The first-order chi connectivity index (χ1) is 12.6. The first-order valence-corrected chi connectivity index (χ1v) is 9.57. The Labute approximate surface area is 156 Å². The highest BCUT2D eigenvalue weighted by Crippen LogP contribution is 2.31. The van der Waals surface area contributed by atoms with Crippen LogP contribution in [0, 0.1) is 5.41 Å². The second-order valence-corrected chi connectivity index (χ2v) is 7.31. The molecule has 1 heterocycles. The van der Waals surface area contributed by atoms with E-state index in [-0.39, 0.29) is 5.78 Å². The van der Waals surface area contributed by atoms with Gasteiger partial charge in [-0.3, -0.25) is 10.2 Å². The van der Waals surface area contributed by atoms with E-state index in [1.54, 1.807) is 4.57 Å². The summed E-state index contributed by atoms with van der Waals surface area (Å²) < 4.78 is 1.79. The lowest BCUT2D eigenvalue weighted by Gasteiger charge is -2.21. The zero-order chi connectivity index (χ0) is 18.1. The van der Waals surface area contributed by atoms with Gasteiger partial charge >= 0.3 is 0 Å². The molecule has 0 saturated carbocycles. The van der Waals surface area contributed by atoms with Gasteiger partial charge in [-0.05, 0) is 18.4 Å². The van der Waals surface area contributed by atoms with Gasteiger partial charge in [0.25, 0.3) is 0 Å². The van der Waals surface area contributed by atoms with Crippen LogP contribution in [-0.2, 0) is 19.9 Å². The van der Waals surface area contributed by atoms with Crippen molar-refractivity contribution in [3.8, 4) is 11.3 Å². The third-order valence-electron chi connectivity index (χ3n) is 4.75. The van der Waals surface area contributed by atoms with Crippen molar-refractivity contribution in [3.05, 3.63) is 76.8 Å². The fourth-order valence-corrected chi connectivity index (χ4v) is 4.17. The summed E-state index contributed by atoms with van der Waals surface area (Å²) in [5.41, 5.74) is 5.46. The molecule has 0 fully saturated rings. The van der Waals surface area contributed by atoms with Gasteiger partial charge in [-0.2, -0.15) is 0 Å². The number of hydrogen-bond donors (Lipinski definition) is 1. The number of carbonyl (C=O) groups excluding carboxylic acids is 1. The van der Waals surface area contributed by atoms with Crippen LogP contribution in [0.2, 0.25) is 0 Å².